The van der Waals surface area contributed by atoms with Gasteiger partial charge in [-0.1, -0.05) is 15.9 Å². The number of alkyl halides is 1. The fourth-order valence-corrected chi connectivity index (χ4v) is 1.75. The molecule has 0 aromatic heterocycles. The summed E-state index contributed by atoms with van der Waals surface area (Å²) < 4.78 is 4.48. The van der Waals surface area contributed by atoms with Crippen LogP contribution in [0.4, 0.5) is 0 Å². The molecule has 13 heavy (non-hydrogen) atoms. The van der Waals surface area contributed by atoms with Crippen LogP contribution in [0, 0.1) is 0 Å². The van der Waals surface area contributed by atoms with Crippen molar-refractivity contribution in [3.05, 3.63) is 0 Å². The van der Waals surface area contributed by atoms with Gasteiger partial charge in [-0.3, -0.25) is 9.59 Å². The summed E-state index contributed by atoms with van der Waals surface area (Å²) >= 11 is 3.26. The van der Waals surface area contributed by atoms with Crippen LogP contribution >= 0.6 is 15.9 Å². The maximum Gasteiger partial charge on any atom is 0.307 e. The van der Waals surface area contributed by atoms with E-state index < -0.39 is 0 Å². The molecule has 1 amide bonds. The minimum atomic E-state index is -0.272. The molecule has 1 atom stereocenters. The van der Waals surface area contributed by atoms with Gasteiger partial charge < -0.3 is 9.64 Å². The number of rotatable bonds is 3. The van der Waals surface area contributed by atoms with Gasteiger partial charge in [0.25, 0.3) is 0 Å². The summed E-state index contributed by atoms with van der Waals surface area (Å²) in [6.07, 6.45) is 1.10. The first-order valence-corrected chi connectivity index (χ1v) is 5.06. The van der Waals surface area contributed by atoms with E-state index in [-0.39, 0.29) is 23.1 Å². The molecule has 1 rings (SSSR count). The molecule has 1 heterocycles. The van der Waals surface area contributed by atoms with E-state index in [1.165, 1.54) is 7.11 Å². The second kappa shape index (κ2) is 4.60. The Bertz CT molecular complexity index is 219. The lowest BCUT2D eigenvalue weighted by Gasteiger charge is -2.14. The molecule has 0 aromatic rings. The summed E-state index contributed by atoms with van der Waals surface area (Å²) in [5.41, 5.74) is 0. The third-order valence-electron chi connectivity index (χ3n) is 2.05. The molecule has 5 heteroatoms. The van der Waals surface area contributed by atoms with E-state index >= 15 is 0 Å². The monoisotopic (exact) mass is 249 g/mol. The molecule has 0 bridgehead atoms. The Morgan fingerprint density at radius 1 is 1.77 bits per heavy atom. The quantitative estimate of drug-likeness (QED) is 0.542. The minimum Gasteiger partial charge on any atom is -0.469 e. The fraction of sp³-hybridized carbons (Fsp3) is 0.750. The van der Waals surface area contributed by atoms with Crippen molar-refractivity contribution < 1.29 is 14.3 Å². The highest BCUT2D eigenvalue weighted by atomic mass is 79.9. The number of nitrogens with zero attached hydrogens (tertiary/aromatic N) is 1. The molecular formula is C8H12BrNO3. The van der Waals surface area contributed by atoms with Gasteiger partial charge in [0, 0.05) is 13.1 Å². The topological polar surface area (TPSA) is 46.6 Å². The van der Waals surface area contributed by atoms with E-state index in [0.717, 1.165) is 13.0 Å². The first-order chi connectivity index (χ1) is 6.15. The largest absolute Gasteiger partial charge is 0.469 e. The second-order valence-electron chi connectivity index (χ2n) is 2.91. The van der Waals surface area contributed by atoms with Gasteiger partial charge in [0.15, 0.2) is 0 Å². The second-order valence-corrected chi connectivity index (χ2v) is 4.01. The van der Waals surface area contributed by atoms with Crippen molar-refractivity contribution in [1.82, 2.24) is 4.90 Å². The summed E-state index contributed by atoms with van der Waals surface area (Å²) in [7, 11) is 1.35. The summed E-state index contributed by atoms with van der Waals surface area (Å²) in [5, 5.41) is 0. The zero-order valence-corrected chi connectivity index (χ0v) is 9.04. The molecule has 1 aliphatic rings. The van der Waals surface area contributed by atoms with Crippen LogP contribution in [-0.2, 0) is 14.3 Å². The van der Waals surface area contributed by atoms with E-state index in [1.807, 2.05) is 0 Å². The lowest BCUT2D eigenvalue weighted by molar-refractivity contribution is -0.141. The standard InChI is InChI=1S/C8H12BrNO3/c1-13-7(11)3-5-10-4-2-6(9)8(10)12/h6H,2-5H2,1H3/t6-/m1/s1. The van der Waals surface area contributed by atoms with E-state index in [2.05, 4.69) is 20.7 Å². The summed E-state index contributed by atoms with van der Waals surface area (Å²) in [5.74, 6) is -0.199. The van der Waals surface area contributed by atoms with Gasteiger partial charge in [-0.2, -0.15) is 0 Å². The van der Waals surface area contributed by atoms with Crippen LogP contribution in [0.25, 0.3) is 0 Å². The number of esters is 1. The lowest BCUT2D eigenvalue weighted by Crippen LogP contribution is -2.29. The Kier molecular flexibility index (Phi) is 3.71. The number of likely N-dealkylation sites (tertiary alicyclic amines) is 1. The van der Waals surface area contributed by atoms with E-state index in [0.29, 0.717) is 6.54 Å². The Hall–Kier alpha value is -0.580. The van der Waals surface area contributed by atoms with Crippen molar-refractivity contribution in [3.8, 4) is 0 Å². The summed E-state index contributed by atoms with van der Waals surface area (Å²) in [6.45, 7) is 1.19. The van der Waals surface area contributed by atoms with Crippen molar-refractivity contribution in [2.75, 3.05) is 20.2 Å². The van der Waals surface area contributed by atoms with Crippen molar-refractivity contribution in [3.63, 3.8) is 0 Å². The highest BCUT2D eigenvalue weighted by Crippen LogP contribution is 2.18. The van der Waals surface area contributed by atoms with Crippen LogP contribution in [0.15, 0.2) is 0 Å². The molecule has 74 valence electrons. The molecule has 0 aromatic carbocycles. The zero-order chi connectivity index (χ0) is 9.84. The average Bonchev–Trinajstić information content (AvgIpc) is 2.44. The maximum absolute atomic E-state index is 11.3. The Morgan fingerprint density at radius 2 is 2.46 bits per heavy atom. The van der Waals surface area contributed by atoms with Gasteiger partial charge in [0.2, 0.25) is 5.91 Å². The fourth-order valence-electron chi connectivity index (χ4n) is 1.25. The number of amides is 1. The van der Waals surface area contributed by atoms with Crippen LogP contribution in [0.1, 0.15) is 12.8 Å². The highest BCUT2D eigenvalue weighted by molar-refractivity contribution is 9.10. The van der Waals surface area contributed by atoms with Crippen molar-refractivity contribution in [2.24, 2.45) is 0 Å². The van der Waals surface area contributed by atoms with Crippen molar-refractivity contribution >= 4 is 27.8 Å². The SMILES string of the molecule is COC(=O)CCN1CC[C@@H](Br)C1=O. The van der Waals surface area contributed by atoms with E-state index in [9.17, 15) is 9.59 Å². The third-order valence-corrected chi connectivity index (χ3v) is 2.90. The molecule has 0 aliphatic carbocycles. The van der Waals surface area contributed by atoms with Gasteiger partial charge in [0.1, 0.15) is 0 Å². The molecule has 0 saturated carbocycles. The molecule has 0 spiro atoms. The number of carbonyl (C=O) groups is 2. The van der Waals surface area contributed by atoms with Crippen LogP contribution in [-0.4, -0.2) is 41.8 Å². The maximum atomic E-state index is 11.3. The normalized spacial score (nSPS) is 22.2. The predicted molar refractivity (Wildman–Crippen MR) is 50.5 cm³/mol. The van der Waals surface area contributed by atoms with Crippen LogP contribution < -0.4 is 0 Å². The number of ether oxygens (including phenoxy) is 1. The van der Waals surface area contributed by atoms with Gasteiger partial charge in [-0.25, -0.2) is 0 Å². The minimum absolute atomic E-state index is 0.0647. The van der Waals surface area contributed by atoms with Gasteiger partial charge in [0.05, 0.1) is 18.4 Å². The molecular weight excluding hydrogens is 238 g/mol. The number of methoxy groups -OCH3 is 1. The Morgan fingerprint density at radius 3 is 2.92 bits per heavy atom. The van der Waals surface area contributed by atoms with Crippen LogP contribution in [0.3, 0.4) is 0 Å². The number of hydrogen-bond acceptors (Lipinski definition) is 3. The van der Waals surface area contributed by atoms with Gasteiger partial charge in [-0.05, 0) is 6.42 Å². The van der Waals surface area contributed by atoms with Gasteiger partial charge in [-0.15, -0.1) is 0 Å². The molecule has 1 fully saturated rings. The first-order valence-electron chi connectivity index (χ1n) is 4.15. The van der Waals surface area contributed by atoms with Crippen molar-refractivity contribution in [1.29, 1.82) is 0 Å². The highest BCUT2D eigenvalue weighted by Gasteiger charge is 2.29. The molecule has 1 saturated heterocycles. The summed E-state index contributed by atoms with van der Waals surface area (Å²) in [4.78, 5) is 23.7. The lowest BCUT2D eigenvalue weighted by atomic mass is 10.4. The predicted octanol–water partition coefficient (Wildman–Crippen LogP) is 0.545. The smallest absolute Gasteiger partial charge is 0.307 e. The Balaban J connectivity index is 2.30. The zero-order valence-electron chi connectivity index (χ0n) is 7.46. The number of carbonyl (C=O) groups excluding carboxylic acids is 2. The number of halogens is 1. The summed E-state index contributed by atoms with van der Waals surface area (Å²) in [6, 6.07) is 0. The van der Waals surface area contributed by atoms with Crippen molar-refractivity contribution in [2.45, 2.75) is 17.7 Å². The molecule has 0 unspecified atom stereocenters. The first kappa shape index (κ1) is 10.5. The van der Waals surface area contributed by atoms with Crippen LogP contribution in [0.2, 0.25) is 0 Å². The molecule has 1 aliphatic heterocycles. The van der Waals surface area contributed by atoms with E-state index in [4.69, 9.17) is 0 Å². The molecule has 0 N–H and O–H groups in total. The number of hydrogen-bond donors (Lipinski definition) is 0. The van der Waals surface area contributed by atoms with Crippen LogP contribution in [0.5, 0.6) is 0 Å². The Labute approximate surface area is 85.4 Å². The third kappa shape index (κ3) is 2.69. The molecule has 4 nitrogen and oxygen atoms in total. The average molecular weight is 250 g/mol. The molecule has 0 radical (unpaired) electrons. The van der Waals surface area contributed by atoms with Gasteiger partial charge >= 0.3 is 5.97 Å². The van der Waals surface area contributed by atoms with E-state index in [1.54, 1.807) is 4.90 Å².